The third kappa shape index (κ3) is 6.82. The fraction of sp³-hybridized carbons (Fsp3) is 0. The van der Waals surface area contributed by atoms with Gasteiger partial charge in [0.05, 0.1) is 0 Å². The van der Waals surface area contributed by atoms with Gasteiger partial charge in [0.15, 0.2) is 0 Å². The zero-order valence-electron chi connectivity index (χ0n) is 27.7. The van der Waals surface area contributed by atoms with Gasteiger partial charge in [-0.05, 0) is 105 Å². The van der Waals surface area contributed by atoms with Gasteiger partial charge in [-0.25, -0.2) is 0 Å². The second-order valence-corrected chi connectivity index (χ2v) is 12.4. The first-order chi connectivity index (χ1) is 24.8. The molecule has 238 valence electrons. The number of nitrogens with one attached hydrogen (secondary N) is 1. The number of anilines is 5. The maximum Gasteiger partial charge on any atom is 0.0482 e. The Bertz CT molecular complexity index is 2190. The van der Waals surface area contributed by atoms with Crippen LogP contribution < -0.4 is 10.2 Å². The third-order valence-corrected chi connectivity index (χ3v) is 8.96. The molecular formula is C48H36N2. The molecule has 0 radical (unpaired) electrons. The Morgan fingerprint density at radius 2 is 0.600 bits per heavy atom. The van der Waals surface area contributed by atoms with E-state index in [0.717, 1.165) is 28.4 Å². The Labute approximate surface area is 294 Å². The van der Waals surface area contributed by atoms with Gasteiger partial charge in [-0.3, -0.25) is 0 Å². The van der Waals surface area contributed by atoms with Crippen LogP contribution in [0.3, 0.4) is 0 Å². The van der Waals surface area contributed by atoms with Crippen LogP contribution in [-0.4, -0.2) is 0 Å². The summed E-state index contributed by atoms with van der Waals surface area (Å²) in [5, 5.41) is 3.77. The molecule has 50 heavy (non-hydrogen) atoms. The highest BCUT2D eigenvalue weighted by molar-refractivity contribution is 5.85. The van der Waals surface area contributed by atoms with E-state index in [2.05, 4.69) is 223 Å². The van der Waals surface area contributed by atoms with Gasteiger partial charge in [0.2, 0.25) is 0 Å². The van der Waals surface area contributed by atoms with E-state index in [0.29, 0.717) is 0 Å². The molecule has 0 saturated carbocycles. The van der Waals surface area contributed by atoms with E-state index < -0.39 is 0 Å². The maximum absolute atomic E-state index is 3.77. The van der Waals surface area contributed by atoms with Crippen molar-refractivity contribution < 1.29 is 0 Å². The lowest BCUT2D eigenvalue weighted by atomic mass is 9.98. The van der Waals surface area contributed by atoms with Gasteiger partial charge in [0.25, 0.3) is 0 Å². The van der Waals surface area contributed by atoms with Gasteiger partial charge in [-0.2, -0.15) is 0 Å². The van der Waals surface area contributed by atoms with Crippen LogP contribution in [0.5, 0.6) is 0 Å². The SMILES string of the molecule is c1ccc(-c2cc(Nc3cccc(N(c4cccc(-c5ccccc5)c4)c4cccc(-c5ccccc5)c4)c3)cc(-c3ccccc3)c2)cc1. The Morgan fingerprint density at radius 1 is 0.240 bits per heavy atom. The molecular weight excluding hydrogens is 605 g/mol. The van der Waals surface area contributed by atoms with Crippen LogP contribution >= 0.6 is 0 Å². The number of nitrogens with zero attached hydrogens (tertiary/aromatic N) is 1. The first-order valence-electron chi connectivity index (χ1n) is 17.0. The lowest BCUT2D eigenvalue weighted by Crippen LogP contribution is -2.10. The maximum atomic E-state index is 3.77. The summed E-state index contributed by atoms with van der Waals surface area (Å²) >= 11 is 0. The standard InChI is InChI=1S/C48H36N2/c1-5-16-36(17-6-1)40-24-13-27-46(33-40)50(47-28-14-25-41(34-47)37-18-7-2-8-19-37)48-29-15-26-44(35-48)49-45-31-42(38-20-9-3-10-21-38)30-43(32-45)39-22-11-4-12-23-39/h1-35,49H. The van der Waals surface area contributed by atoms with Crippen molar-refractivity contribution >= 4 is 28.4 Å². The third-order valence-electron chi connectivity index (χ3n) is 8.96. The molecule has 0 fully saturated rings. The lowest BCUT2D eigenvalue weighted by Gasteiger charge is -2.27. The summed E-state index contributed by atoms with van der Waals surface area (Å²) in [6.45, 7) is 0. The fourth-order valence-electron chi connectivity index (χ4n) is 6.54. The van der Waals surface area contributed by atoms with Crippen molar-refractivity contribution in [1.29, 1.82) is 0 Å². The average molecular weight is 641 g/mol. The molecule has 0 aliphatic rings. The van der Waals surface area contributed by atoms with Crippen molar-refractivity contribution in [3.63, 3.8) is 0 Å². The van der Waals surface area contributed by atoms with Gasteiger partial charge in [0.1, 0.15) is 0 Å². The summed E-state index contributed by atoms with van der Waals surface area (Å²) in [5.41, 5.74) is 14.7. The lowest BCUT2D eigenvalue weighted by molar-refractivity contribution is 1.28. The topological polar surface area (TPSA) is 15.3 Å². The average Bonchev–Trinajstić information content (AvgIpc) is 3.20. The van der Waals surface area contributed by atoms with E-state index in [1.807, 2.05) is 0 Å². The number of benzene rings is 8. The summed E-state index contributed by atoms with van der Waals surface area (Å²) < 4.78 is 0. The van der Waals surface area contributed by atoms with Crippen molar-refractivity contribution in [1.82, 2.24) is 0 Å². The minimum Gasteiger partial charge on any atom is -0.355 e. The van der Waals surface area contributed by atoms with Crippen LogP contribution in [0.1, 0.15) is 0 Å². The first-order valence-corrected chi connectivity index (χ1v) is 17.0. The number of rotatable bonds is 9. The molecule has 0 amide bonds. The van der Waals surface area contributed by atoms with Crippen LogP contribution in [0.4, 0.5) is 28.4 Å². The van der Waals surface area contributed by atoms with E-state index >= 15 is 0 Å². The van der Waals surface area contributed by atoms with Crippen LogP contribution in [-0.2, 0) is 0 Å². The number of hydrogen-bond donors (Lipinski definition) is 1. The minimum atomic E-state index is 1.01. The fourth-order valence-corrected chi connectivity index (χ4v) is 6.54. The molecule has 0 aliphatic heterocycles. The predicted molar refractivity (Wildman–Crippen MR) is 213 cm³/mol. The van der Waals surface area contributed by atoms with Crippen LogP contribution in [0.25, 0.3) is 44.5 Å². The molecule has 0 aromatic heterocycles. The van der Waals surface area contributed by atoms with Crippen molar-refractivity contribution in [3.8, 4) is 44.5 Å². The summed E-state index contributed by atoms with van der Waals surface area (Å²) in [4.78, 5) is 2.35. The summed E-state index contributed by atoms with van der Waals surface area (Å²) in [6.07, 6.45) is 0. The van der Waals surface area contributed by atoms with Crippen molar-refractivity contribution in [2.24, 2.45) is 0 Å². The first kappa shape index (κ1) is 30.7. The zero-order valence-corrected chi connectivity index (χ0v) is 27.7. The number of hydrogen-bond acceptors (Lipinski definition) is 2. The van der Waals surface area contributed by atoms with Crippen LogP contribution in [0.15, 0.2) is 212 Å². The summed E-state index contributed by atoms with van der Waals surface area (Å²) in [5.74, 6) is 0. The quantitative estimate of drug-likeness (QED) is 0.169. The van der Waals surface area contributed by atoms with Crippen molar-refractivity contribution in [2.75, 3.05) is 10.2 Å². The smallest absolute Gasteiger partial charge is 0.0482 e. The molecule has 2 nitrogen and oxygen atoms in total. The summed E-state index contributed by atoms with van der Waals surface area (Å²) in [7, 11) is 0. The van der Waals surface area contributed by atoms with Gasteiger partial charge in [-0.1, -0.05) is 152 Å². The molecule has 8 aromatic carbocycles. The Morgan fingerprint density at radius 3 is 1.04 bits per heavy atom. The Kier molecular flexibility index (Phi) is 8.73. The molecule has 0 heterocycles. The second kappa shape index (κ2) is 14.2. The van der Waals surface area contributed by atoms with Crippen LogP contribution in [0.2, 0.25) is 0 Å². The highest BCUT2D eigenvalue weighted by atomic mass is 15.1. The second-order valence-electron chi connectivity index (χ2n) is 12.4. The molecule has 1 N–H and O–H groups in total. The monoisotopic (exact) mass is 640 g/mol. The predicted octanol–water partition coefficient (Wildman–Crippen LogP) is 13.6. The Hall–Kier alpha value is -6.64. The minimum absolute atomic E-state index is 1.01. The molecule has 0 atom stereocenters. The zero-order chi connectivity index (χ0) is 33.5. The van der Waals surface area contributed by atoms with Crippen molar-refractivity contribution in [3.05, 3.63) is 212 Å². The normalized spacial score (nSPS) is 10.8. The molecule has 8 aromatic rings. The van der Waals surface area contributed by atoms with Gasteiger partial charge < -0.3 is 10.2 Å². The van der Waals surface area contributed by atoms with Crippen molar-refractivity contribution in [2.45, 2.75) is 0 Å². The van der Waals surface area contributed by atoms with Gasteiger partial charge in [-0.15, -0.1) is 0 Å². The highest BCUT2D eigenvalue weighted by Gasteiger charge is 2.16. The summed E-state index contributed by atoms with van der Waals surface area (Å²) in [6, 6.07) is 75.3. The van der Waals surface area contributed by atoms with Gasteiger partial charge >= 0.3 is 0 Å². The molecule has 2 heteroatoms. The largest absolute Gasteiger partial charge is 0.355 e. The molecule has 0 bridgehead atoms. The van der Waals surface area contributed by atoms with E-state index in [1.54, 1.807) is 0 Å². The molecule has 0 saturated heterocycles. The molecule has 0 aliphatic carbocycles. The van der Waals surface area contributed by atoms with E-state index in [-0.39, 0.29) is 0 Å². The van der Waals surface area contributed by atoms with Crippen LogP contribution in [0, 0.1) is 0 Å². The highest BCUT2D eigenvalue weighted by Crippen LogP contribution is 2.40. The molecule has 8 rings (SSSR count). The Balaban J connectivity index is 1.22. The van der Waals surface area contributed by atoms with E-state index in [9.17, 15) is 0 Å². The van der Waals surface area contributed by atoms with E-state index in [4.69, 9.17) is 0 Å². The molecule has 0 unspecified atom stereocenters. The van der Waals surface area contributed by atoms with Gasteiger partial charge in [0, 0.05) is 28.4 Å². The van der Waals surface area contributed by atoms with E-state index in [1.165, 1.54) is 44.5 Å². The molecule has 0 spiro atoms.